The van der Waals surface area contributed by atoms with Crippen molar-refractivity contribution in [3.8, 4) is 22.6 Å². The lowest BCUT2D eigenvalue weighted by molar-refractivity contribution is 0.101. The van der Waals surface area contributed by atoms with Crippen LogP contribution in [-0.4, -0.2) is 88.9 Å². The number of anilines is 7. The predicted octanol–water partition coefficient (Wildman–Crippen LogP) is 9.90. The van der Waals surface area contributed by atoms with E-state index in [0.717, 1.165) is 72.0 Å². The van der Waals surface area contributed by atoms with E-state index >= 15 is 0 Å². The van der Waals surface area contributed by atoms with Gasteiger partial charge in [0.25, 0.3) is 23.8 Å². The van der Waals surface area contributed by atoms with E-state index in [1.165, 1.54) is 5.56 Å². The van der Waals surface area contributed by atoms with Gasteiger partial charge in [0.2, 0.25) is 0 Å². The molecule has 15 heteroatoms. The van der Waals surface area contributed by atoms with E-state index in [0.29, 0.717) is 46.1 Å². The summed E-state index contributed by atoms with van der Waals surface area (Å²) in [6.45, 7) is 9.19. The largest absolute Gasteiger partial charge is 0.423 e. The average Bonchev–Trinajstić information content (AvgIpc) is 4.03. The Labute approximate surface area is 389 Å². The molecule has 67 heavy (non-hydrogen) atoms. The summed E-state index contributed by atoms with van der Waals surface area (Å²) in [5.74, 6) is 0.932. The summed E-state index contributed by atoms with van der Waals surface area (Å²) in [4.78, 5) is 49.2. The maximum absolute atomic E-state index is 12.9. The fourth-order valence-corrected chi connectivity index (χ4v) is 7.20. The molecule has 4 aromatic carbocycles. The van der Waals surface area contributed by atoms with Crippen LogP contribution >= 0.6 is 0 Å². The van der Waals surface area contributed by atoms with Crippen LogP contribution < -0.4 is 26.2 Å². The van der Waals surface area contributed by atoms with E-state index in [4.69, 9.17) is 8.83 Å². The lowest BCUT2D eigenvalue weighted by Gasteiger charge is -2.32. The van der Waals surface area contributed by atoms with Crippen LogP contribution in [-0.2, 0) is 6.54 Å². The van der Waals surface area contributed by atoms with E-state index in [2.05, 4.69) is 58.1 Å². The number of pyridine rings is 2. The van der Waals surface area contributed by atoms with E-state index in [1.807, 2.05) is 136 Å². The molecule has 2 amide bonds. The van der Waals surface area contributed by atoms with Gasteiger partial charge in [-0.3, -0.25) is 24.5 Å². The van der Waals surface area contributed by atoms with Crippen LogP contribution in [0.25, 0.3) is 22.6 Å². The molecule has 1 aliphatic rings. The van der Waals surface area contributed by atoms with Gasteiger partial charge in [0.1, 0.15) is 0 Å². The number of hydrogen-bond donors (Lipinski definition) is 4. The highest BCUT2D eigenvalue weighted by Gasteiger charge is 2.16. The van der Waals surface area contributed by atoms with Crippen molar-refractivity contribution in [2.75, 3.05) is 73.5 Å². The third kappa shape index (κ3) is 12.2. The number of likely N-dealkylation sites (N-methyl/N-ethyl adjacent to an activating group) is 1. The summed E-state index contributed by atoms with van der Waals surface area (Å²) in [5, 5.41) is 12.3. The van der Waals surface area contributed by atoms with Gasteiger partial charge < -0.3 is 39.9 Å². The zero-order chi connectivity index (χ0) is 46.7. The highest BCUT2D eigenvalue weighted by molar-refractivity contribution is 6.05. The van der Waals surface area contributed by atoms with Gasteiger partial charge >= 0.3 is 0 Å². The van der Waals surface area contributed by atoms with Crippen LogP contribution in [0.3, 0.4) is 0 Å². The van der Waals surface area contributed by atoms with Crippen molar-refractivity contribution in [2.24, 2.45) is 0 Å². The molecule has 340 valence electrons. The van der Waals surface area contributed by atoms with Crippen molar-refractivity contribution >= 4 is 52.3 Å². The Bertz CT molecular complexity index is 2910. The zero-order valence-corrected chi connectivity index (χ0v) is 38.2. The van der Waals surface area contributed by atoms with Crippen LogP contribution in [0.15, 0.2) is 155 Å². The molecule has 0 saturated carbocycles. The van der Waals surface area contributed by atoms with Crippen molar-refractivity contribution in [1.29, 1.82) is 0 Å². The van der Waals surface area contributed by atoms with Crippen LogP contribution in [0.1, 0.15) is 37.4 Å². The normalized spacial score (nSPS) is 12.7. The Morgan fingerprint density at radius 1 is 0.612 bits per heavy atom. The SMILES string of the molecule is Cc1ccc(NC(=O)c2ccc(CN3CCN(C)CC3)cc2)cc1Nc1ncc(-c2cccnc2)o1.Cc1ccc(NC(=O)c2cccc(N(C)C)c2)cc1Nc1ncc(-c2cccnc2)o1. The topological polar surface area (TPSA) is 170 Å². The van der Waals surface area contributed by atoms with Gasteiger partial charge in [-0.25, -0.2) is 9.97 Å². The van der Waals surface area contributed by atoms with Gasteiger partial charge in [0.15, 0.2) is 11.5 Å². The average molecular weight is 896 g/mol. The number of aromatic nitrogens is 4. The quantitative estimate of drug-likeness (QED) is 0.0864. The van der Waals surface area contributed by atoms with E-state index in [9.17, 15) is 9.59 Å². The first-order chi connectivity index (χ1) is 32.5. The van der Waals surface area contributed by atoms with Crippen molar-refractivity contribution < 1.29 is 18.4 Å². The molecule has 0 atom stereocenters. The third-order valence-electron chi connectivity index (χ3n) is 11.2. The fourth-order valence-electron chi connectivity index (χ4n) is 7.20. The molecule has 0 bridgehead atoms. The van der Waals surface area contributed by atoms with Gasteiger partial charge in [0, 0.05) is 122 Å². The molecule has 1 fully saturated rings. The third-order valence-corrected chi connectivity index (χ3v) is 11.2. The summed E-state index contributed by atoms with van der Waals surface area (Å²) < 4.78 is 11.6. The minimum absolute atomic E-state index is 0.147. The number of hydrogen-bond acceptors (Lipinski definition) is 13. The molecule has 5 heterocycles. The number of benzene rings is 4. The standard InChI is InChI=1S/C28H30N6O2.C24H23N5O2/c1-20-5-10-24(16-25(20)32-28-30-18-26(36-28)23-4-3-11-29-17-23)31-27(35)22-8-6-21(7-9-22)19-34-14-12-33(2)13-15-34;1-16-9-10-19(27-23(30)17-6-4-8-20(12-17)29(2)3)13-21(16)28-24-26-15-22(31-24)18-7-5-11-25-14-18/h3-11,16-18H,12-15,19H2,1-2H3,(H,30,32)(H,31,35);4-15H,1-3H3,(H,26,28)(H,27,30). The molecule has 0 spiro atoms. The number of aryl methyl sites for hydroxylation is 2. The fraction of sp³-hybridized carbons (Fsp3) is 0.192. The monoisotopic (exact) mass is 895 g/mol. The molecule has 1 aliphatic heterocycles. The van der Waals surface area contributed by atoms with E-state index in [1.54, 1.807) is 43.2 Å². The van der Waals surface area contributed by atoms with Crippen molar-refractivity contribution in [3.05, 3.63) is 174 Å². The highest BCUT2D eigenvalue weighted by Crippen LogP contribution is 2.29. The smallest absolute Gasteiger partial charge is 0.299 e. The number of oxazole rings is 2. The number of nitrogens with one attached hydrogen (secondary N) is 4. The first-order valence-electron chi connectivity index (χ1n) is 21.9. The molecule has 1 saturated heterocycles. The Kier molecular flexibility index (Phi) is 14.4. The Hall–Kier alpha value is -8.14. The summed E-state index contributed by atoms with van der Waals surface area (Å²) in [6.07, 6.45) is 10.2. The van der Waals surface area contributed by atoms with Gasteiger partial charge in [-0.05, 0) is 116 Å². The minimum atomic E-state index is -0.173. The van der Waals surface area contributed by atoms with Gasteiger partial charge in [-0.2, -0.15) is 0 Å². The second-order valence-corrected chi connectivity index (χ2v) is 16.5. The molecular formula is C52H53N11O4. The number of carbonyl (C=O) groups excluding carboxylic acids is 2. The number of rotatable bonds is 13. The summed E-state index contributed by atoms with van der Waals surface area (Å²) in [7, 11) is 6.04. The summed E-state index contributed by atoms with van der Waals surface area (Å²) in [6, 6.07) is 35.0. The van der Waals surface area contributed by atoms with Gasteiger partial charge in [0.05, 0.1) is 12.4 Å². The first-order valence-corrected chi connectivity index (χ1v) is 21.9. The predicted molar refractivity (Wildman–Crippen MR) is 264 cm³/mol. The summed E-state index contributed by atoms with van der Waals surface area (Å²) >= 11 is 0. The number of nitrogens with zero attached hydrogens (tertiary/aromatic N) is 7. The molecule has 0 radical (unpaired) electrons. The molecular weight excluding hydrogens is 843 g/mol. The van der Waals surface area contributed by atoms with Crippen molar-refractivity contribution in [1.82, 2.24) is 29.7 Å². The second-order valence-electron chi connectivity index (χ2n) is 16.5. The lowest BCUT2D eigenvalue weighted by atomic mass is 10.1. The zero-order valence-electron chi connectivity index (χ0n) is 38.2. The number of carbonyl (C=O) groups is 2. The number of piperazine rings is 1. The van der Waals surface area contributed by atoms with Gasteiger partial charge in [-0.1, -0.05) is 30.3 Å². The van der Waals surface area contributed by atoms with E-state index in [-0.39, 0.29) is 11.8 Å². The lowest BCUT2D eigenvalue weighted by Crippen LogP contribution is -2.43. The molecule has 0 unspecified atom stereocenters. The van der Waals surface area contributed by atoms with Crippen molar-refractivity contribution in [2.45, 2.75) is 20.4 Å². The molecule has 4 aromatic heterocycles. The maximum Gasteiger partial charge on any atom is 0.299 e. The second kappa shape index (κ2) is 21.2. The minimum Gasteiger partial charge on any atom is -0.423 e. The van der Waals surface area contributed by atoms with Crippen LogP contribution in [0.2, 0.25) is 0 Å². The molecule has 4 N–H and O–H groups in total. The Morgan fingerprint density at radius 3 is 1.66 bits per heavy atom. The van der Waals surface area contributed by atoms with E-state index < -0.39 is 0 Å². The maximum atomic E-state index is 12.9. The summed E-state index contributed by atoms with van der Waals surface area (Å²) in [5.41, 5.74) is 10.1. The van der Waals surface area contributed by atoms with Crippen LogP contribution in [0.4, 0.5) is 40.5 Å². The van der Waals surface area contributed by atoms with Crippen LogP contribution in [0.5, 0.6) is 0 Å². The number of amides is 2. The molecule has 15 nitrogen and oxygen atoms in total. The Morgan fingerprint density at radius 2 is 1.15 bits per heavy atom. The van der Waals surface area contributed by atoms with Crippen LogP contribution in [0, 0.1) is 13.8 Å². The first kappa shape index (κ1) is 45.4. The Balaban J connectivity index is 0.000000184. The molecule has 8 aromatic rings. The van der Waals surface area contributed by atoms with Crippen molar-refractivity contribution in [3.63, 3.8) is 0 Å². The molecule has 9 rings (SSSR count). The molecule has 0 aliphatic carbocycles. The van der Waals surface area contributed by atoms with Gasteiger partial charge in [-0.15, -0.1) is 0 Å². The highest BCUT2D eigenvalue weighted by atomic mass is 16.4.